The summed E-state index contributed by atoms with van der Waals surface area (Å²) in [5, 5.41) is 15.6. The number of hydrogen-bond donors (Lipinski definition) is 0. The van der Waals surface area contributed by atoms with Crippen LogP contribution in [-0.4, -0.2) is 52.1 Å². The van der Waals surface area contributed by atoms with Crippen LogP contribution in [0.5, 0.6) is 0 Å². The topological polar surface area (TPSA) is 98.0 Å². The van der Waals surface area contributed by atoms with Gasteiger partial charge in [0.25, 0.3) is 17.7 Å². The summed E-state index contributed by atoms with van der Waals surface area (Å²) in [4.78, 5) is 41.1. The quantitative estimate of drug-likeness (QED) is 0.508. The van der Waals surface area contributed by atoms with Crippen LogP contribution < -0.4 is 4.90 Å². The third-order valence-electron chi connectivity index (χ3n) is 6.90. The first-order valence-corrected chi connectivity index (χ1v) is 12.1. The van der Waals surface area contributed by atoms with Crippen molar-refractivity contribution in [3.63, 3.8) is 0 Å². The van der Waals surface area contributed by atoms with E-state index in [4.69, 9.17) is 0 Å². The Labute approximate surface area is 213 Å². The van der Waals surface area contributed by atoms with E-state index in [1.807, 2.05) is 79.7 Å². The minimum atomic E-state index is -0.964. The smallest absolute Gasteiger partial charge is 0.264 e. The van der Waals surface area contributed by atoms with Crippen LogP contribution in [0.2, 0.25) is 0 Å². The molecule has 0 unspecified atom stereocenters. The zero-order valence-electron chi connectivity index (χ0n) is 20.1. The van der Waals surface area contributed by atoms with Gasteiger partial charge in [0, 0.05) is 6.42 Å². The molecule has 3 aromatic carbocycles. The Kier molecular flexibility index (Phi) is 5.60. The molecule has 6 rings (SSSR count). The summed E-state index contributed by atoms with van der Waals surface area (Å²) < 4.78 is 0. The van der Waals surface area contributed by atoms with Crippen LogP contribution in [-0.2, 0) is 14.4 Å². The van der Waals surface area contributed by atoms with Crippen LogP contribution in [0.1, 0.15) is 29.2 Å². The van der Waals surface area contributed by atoms with Crippen LogP contribution >= 0.6 is 0 Å². The van der Waals surface area contributed by atoms with Crippen LogP contribution in [0.4, 0.5) is 5.69 Å². The molecule has 1 saturated heterocycles. The largest absolute Gasteiger partial charge is 0.271 e. The minimum Gasteiger partial charge on any atom is -0.271 e. The van der Waals surface area contributed by atoms with E-state index in [1.54, 1.807) is 12.1 Å². The highest BCUT2D eigenvalue weighted by molar-refractivity contribution is 6.25. The van der Waals surface area contributed by atoms with Crippen molar-refractivity contribution >= 4 is 29.1 Å². The van der Waals surface area contributed by atoms with Gasteiger partial charge in [0.05, 0.1) is 17.4 Å². The van der Waals surface area contributed by atoms with E-state index >= 15 is 0 Å². The lowest BCUT2D eigenvalue weighted by molar-refractivity contribution is -0.135. The predicted octanol–water partition coefficient (Wildman–Crippen LogP) is 3.67. The Morgan fingerprint density at radius 1 is 0.892 bits per heavy atom. The normalized spacial score (nSPS) is 22.6. The number of carbonyl (C=O) groups is 3. The fourth-order valence-corrected chi connectivity index (χ4v) is 4.99. The van der Waals surface area contributed by atoms with E-state index in [2.05, 4.69) is 15.4 Å². The molecule has 0 N–H and O–H groups in total. The van der Waals surface area contributed by atoms with E-state index < -0.39 is 23.9 Å². The molecule has 0 aromatic heterocycles. The first-order chi connectivity index (χ1) is 18.0. The van der Waals surface area contributed by atoms with Gasteiger partial charge < -0.3 is 0 Å². The highest BCUT2D eigenvalue weighted by Crippen LogP contribution is 2.35. The van der Waals surface area contributed by atoms with Crippen LogP contribution in [0.3, 0.4) is 0 Å². The Morgan fingerprint density at radius 3 is 2.27 bits per heavy atom. The molecule has 9 heteroatoms. The molecule has 9 nitrogen and oxygen atoms in total. The average molecular weight is 493 g/mol. The summed E-state index contributed by atoms with van der Waals surface area (Å²) in [6.45, 7) is 1.71. The van der Waals surface area contributed by atoms with Gasteiger partial charge in [-0.3, -0.25) is 19.4 Å². The van der Waals surface area contributed by atoms with Gasteiger partial charge in [-0.15, -0.1) is 0 Å². The maximum absolute atomic E-state index is 13.6. The molecule has 1 fully saturated rings. The van der Waals surface area contributed by atoms with Gasteiger partial charge in [0.15, 0.2) is 12.1 Å². The summed E-state index contributed by atoms with van der Waals surface area (Å²) in [6, 6.07) is 24.4. The van der Waals surface area contributed by atoms with Gasteiger partial charge in [0.2, 0.25) is 0 Å². The second-order valence-corrected chi connectivity index (χ2v) is 9.32. The molecule has 0 bridgehead atoms. The summed E-state index contributed by atoms with van der Waals surface area (Å²) >= 11 is 0. The molecule has 0 radical (unpaired) electrons. The molecule has 3 atom stereocenters. The highest BCUT2D eigenvalue weighted by Gasteiger charge is 2.55. The third-order valence-corrected chi connectivity index (χ3v) is 6.90. The molecule has 3 amide bonds. The molecule has 0 aliphatic carbocycles. The van der Waals surface area contributed by atoms with Crippen molar-refractivity contribution in [3.8, 4) is 0 Å². The fourth-order valence-electron chi connectivity index (χ4n) is 4.99. The van der Waals surface area contributed by atoms with Gasteiger partial charge in [-0.1, -0.05) is 83.6 Å². The summed E-state index contributed by atoms with van der Waals surface area (Å²) in [5.41, 5.74) is 4.22. The zero-order chi connectivity index (χ0) is 25.5. The molecule has 3 aromatic rings. The number of imide groups is 1. The first-order valence-electron chi connectivity index (χ1n) is 12.1. The molecular weight excluding hydrogens is 468 g/mol. The Balaban J connectivity index is 1.25. The highest BCUT2D eigenvalue weighted by atomic mass is 16.2. The molecule has 0 spiro atoms. The average Bonchev–Trinajstić information content (AvgIpc) is 3.61. The van der Waals surface area contributed by atoms with Gasteiger partial charge in [0.1, 0.15) is 6.54 Å². The number of nitrogens with zero attached hydrogens (tertiary/aromatic N) is 6. The zero-order valence-corrected chi connectivity index (χ0v) is 20.1. The monoisotopic (exact) mass is 492 g/mol. The minimum absolute atomic E-state index is 0.222. The molecule has 37 heavy (non-hydrogen) atoms. The summed E-state index contributed by atoms with van der Waals surface area (Å²) in [5.74, 6) is -1.20. The van der Waals surface area contributed by atoms with E-state index in [9.17, 15) is 14.4 Å². The number of amides is 3. The molecule has 3 aliphatic heterocycles. The molecular formula is C28H24N6O3. The van der Waals surface area contributed by atoms with Crippen LogP contribution in [0.25, 0.3) is 0 Å². The fraction of sp³-hybridized carbons (Fsp3) is 0.214. The standard InChI is InChI=1S/C28H24N6O3/c1-18-12-14-21(15-13-18)33-27(36)25-26(28(33)37)32(31-29-25)17-24(35)34-23(20-10-6-3-7-11-20)16-22(30-34)19-8-4-2-5-9-19/h2-15,23,25-26H,16-17H2,1H3/t23-,25+,26+/m0/s1. The lowest BCUT2D eigenvalue weighted by Gasteiger charge is -2.25. The van der Waals surface area contributed by atoms with Gasteiger partial charge in [-0.25, -0.2) is 9.91 Å². The van der Waals surface area contributed by atoms with E-state index in [1.165, 1.54) is 10.0 Å². The van der Waals surface area contributed by atoms with Crippen molar-refractivity contribution in [2.24, 2.45) is 15.4 Å². The second kappa shape index (κ2) is 9.09. The molecule has 3 aliphatic rings. The second-order valence-electron chi connectivity index (χ2n) is 9.32. The van der Waals surface area contributed by atoms with Gasteiger partial charge in [-0.2, -0.15) is 10.2 Å². The number of aryl methyl sites for hydroxylation is 1. The number of rotatable bonds is 5. The van der Waals surface area contributed by atoms with Crippen molar-refractivity contribution < 1.29 is 14.4 Å². The van der Waals surface area contributed by atoms with Crippen molar-refractivity contribution in [2.45, 2.75) is 31.5 Å². The number of carbonyl (C=O) groups excluding carboxylic acids is 3. The van der Waals surface area contributed by atoms with E-state index in [0.717, 1.165) is 27.3 Å². The summed E-state index contributed by atoms with van der Waals surface area (Å²) in [7, 11) is 0. The Morgan fingerprint density at radius 2 is 1.57 bits per heavy atom. The number of hydrazone groups is 1. The van der Waals surface area contributed by atoms with Crippen molar-refractivity contribution in [1.82, 2.24) is 10.0 Å². The number of fused-ring (bicyclic) bond motifs is 1. The van der Waals surface area contributed by atoms with Crippen molar-refractivity contribution in [1.29, 1.82) is 0 Å². The van der Waals surface area contributed by atoms with E-state index in [-0.39, 0.29) is 18.5 Å². The lowest BCUT2D eigenvalue weighted by Crippen LogP contribution is -2.44. The van der Waals surface area contributed by atoms with Gasteiger partial charge in [-0.05, 0) is 30.2 Å². The number of anilines is 1. The van der Waals surface area contributed by atoms with Gasteiger partial charge >= 0.3 is 0 Å². The molecule has 184 valence electrons. The van der Waals surface area contributed by atoms with E-state index in [0.29, 0.717) is 12.1 Å². The Bertz CT molecular complexity index is 1420. The molecule has 3 heterocycles. The third kappa shape index (κ3) is 3.98. The first kappa shape index (κ1) is 22.8. The predicted molar refractivity (Wildman–Crippen MR) is 136 cm³/mol. The maximum atomic E-state index is 13.6. The Hall–Kier alpha value is -4.66. The van der Waals surface area contributed by atoms with Crippen LogP contribution in [0, 0.1) is 6.92 Å². The number of hydrogen-bond acceptors (Lipinski definition) is 7. The van der Waals surface area contributed by atoms with Crippen LogP contribution in [0.15, 0.2) is 100 Å². The van der Waals surface area contributed by atoms with Crippen molar-refractivity contribution in [2.75, 3.05) is 11.4 Å². The van der Waals surface area contributed by atoms with Crippen molar-refractivity contribution in [3.05, 3.63) is 102 Å². The number of benzene rings is 3. The SMILES string of the molecule is Cc1ccc(N2C(=O)[C@@H]3N=NN(CC(=O)N4N=C(c5ccccc5)C[C@H]4c4ccccc4)[C@H]3C2=O)cc1. The lowest BCUT2D eigenvalue weighted by atomic mass is 9.98. The summed E-state index contributed by atoms with van der Waals surface area (Å²) in [6.07, 6.45) is 0.561. The molecule has 0 saturated carbocycles. The maximum Gasteiger partial charge on any atom is 0.264 e.